The standard InChI is InChI=1S/C9H7NO2S/c10-8-7(12)2-1-5-3-6(4-11)13-9(5)8/h1-4,12H,10H2. The van der Waals surface area contributed by atoms with Crippen molar-refractivity contribution in [2.24, 2.45) is 0 Å². The second-order valence-corrected chi connectivity index (χ2v) is 3.77. The van der Waals surface area contributed by atoms with Gasteiger partial charge in [-0.25, -0.2) is 0 Å². The number of anilines is 1. The molecule has 0 aliphatic heterocycles. The molecule has 66 valence electrons. The Labute approximate surface area is 78.4 Å². The van der Waals surface area contributed by atoms with Gasteiger partial charge in [0.1, 0.15) is 5.75 Å². The van der Waals surface area contributed by atoms with Crippen molar-refractivity contribution < 1.29 is 9.90 Å². The number of carbonyl (C=O) groups is 1. The van der Waals surface area contributed by atoms with Gasteiger partial charge in [-0.1, -0.05) is 0 Å². The first-order valence-corrected chi connectivity index (χ1v) is 4.50. The summed E-state index contributed by atoms with van der Waals surface area (Å²) in [4.78, 5) is 11.1. The molecule has 1 aromatic carbocycles. The zero-order valence-electron chi connectivity index (χ0n) is 6.65. The van der Waals surface area contributed by atoms with Crippen LogP contribution in [-0.4, -0.2) is 11.4 Å². The maximum absolute atomic E-state index is 10.5. The Morgan fingerprint density at radius 1 is 1.46 bits per heavy atom. The number of thiophene rings is 1. The molecule has 3 nitrogen and oxygen atoms in total. The molecule has 3 N–H and O–H groups in total. The van der Waals surface area contributed by atoms with Gasteiger partial charge in [0, 0.05) is 0 Å². The van der Waals surface area contributed by atoms with Crippen molar-refractivity contribution in [1.82, 2.24) is 0 Å². The van der Waals surface area contributed by atoms with E-state index in [0.29, 0.717) is 10.6 Å². The van der Waals surface area contributed by atoms with Crippen LogP contribution < -0.4 is 5.73 Å². The summed E-state index contributed by atoms with van der Waals surface area (Å²) in [6.45, 7) is 0. The summed E-state index contributed by atoms with van der Waals surface area (Å²) < 4.78 is 0.766. The van der Waals surface area contributed by atoms with Crippen molar-refractivity contribution in [3.05, 3.63) is 23.1 Å². The highest BCUT2D eigenvalue weighted by Crippen LogP contribution is 2.35. The number of nitrogens with two attached hydrogens (primary N) is 1. The molecular formula is C9H7NO2S. The van der Waals surface area contributed by atoms with E-state index in [0.717, 1.165) is 16.4 Å². The Morgan fingerprint density at radius 3 is 2.92 bits per heavy atom. The molecule has 0 amide bonds. The smallest absolute Gasteiger partial charge is 0.160 e. The third-order valence-electron chi connectivity index (χ3n) is 1.84. The largest absolute Gasteiger partial charge is 0.506 e. The highest BCUT2D eigenvalue weighted by molar-refractivity contribution is 7.21. The monoisotopic (exact) mass is 193 g/mol. The number of carbonyl (C=O) groups excluding carboxylic acids is 1. The van der Waals surface area contributed by atoms with Gasteiger partial charge in [0.05, 0.1) is 15.3 Å². The maximum Gasteiger partial charge on any atom is 0.160 e. The van der Waals surface area contributed by atoms with Crippen molar-refractivity contribution in [3.63, 3.8) is 0 Å². The lowest BCUT2D eigenvalue weighted by molar-refractivity contribution is 0.112. The fourth-order valence-electron chi connectivity index (χ4n) is 1.19. The minimum Gasteiger partial charge on any atom is -0.506 e. The van der Waals surface area contributed by atoms with E-state index in [-0.39, 0.29) is 5.75 Å². The van der Waals surface area contributed by atoms with Crippen LogP contribution in [0.2, 0.25) is 0 Å². The molecule has 0 atom stereocenters. The van der Waals surface area contributed by atoms with Gasteiger partial charge in [-0.3, -0.25) is 4.79 Å². The Hall–Kier alpha value is -1.55. The van der Waals surface area contributed by atoms with Crippen LogP contribution >= 0.6 is 11.3 Å². The van der Waals surface area contributed by atoms with Crippen molar-refractivity contribution in [3.8, 4) is 5.75 Å². The Kier molecular flexibility index (Phi) is 1.70. The molecule has 0 bridgehead atoms. The maximum atomic E-state index is 10.5. The number of aldehydes is 1. The molecule has 2 aromatic rings. The van der Waals surface area contributed by atoms with E-state index < -0.39 is 0 Å². The topological polar surface area (TPSA) is 63.3 Å². The fourth-order valence-corrected chi connectivity index (χ4v) is 2.12. The molecule has 0 unspecified atom stereocenters. The van der Waals surface area contributed by atoms with Crippen molar-refractivity contribution >= 4 is 33.4 Å². The second kappa shape index (κ2) is 2.74. The predicted molar refractivity (Wildman–Crippen MR) is 53.3 cm³/mol. The quantitative estimate of drug-likeness (QED) is 0.413. The van der Waals surface area contributed by atoms with E-state index in [9.17, 15) is 9.90 Å². The first-order valence-electron chi connectivity index (χ1n) is 3.68. The zero-order chi connectivity index (χ0) is 9.42. The van der Waals surface area contributed by atoms with E-state index in [1.54, 1.807) is 12.1 Å². The highest BCUT2D eigenvalue weighted by Gasteiger charge is 2.06. The summed E-state index contributed by atoms with van der Waals surface area (Å²) in [5.41, 5.74) is 5.97. The summed E-state index contributed by atoms with van der Waals surface area (Å²) >= 11 is 1.28. The number of benzene rings is 1. The molecule has 0 fully saturated rings. The molecule has 4 heteroatoms. The van der Waals surface area contributed by atoms with Crippen molar-refractivity contribution in [2.45, 2.75) is 0 Å². The Bertz CT molecular complexity index is 476. The average molecular weight is 193 g/mol. The number of phenolic OH excluding ortho intramolecular Hbond substituents is 1. The molecular weight excluding hydrogens is 186 g/mol. The third kappa shape index (κ3) is 1.15. The predicted octanol–water partition coefficient (Wildman–Crippen LogP) is 2.00. The van der Waals surface area contributed by atoms with Crippen molar-refractivity contribution in [2.75, 3.05) is 5.73 Å². The summed E-state index contributed by atoms with van der Waals surface area (Å²) in [5.74, 6) is 0.0619. The summed E-state index contributed by atoms with van der Waals surface area (Å²) in [7, 11) is 0. The molecule has 13 heavy (non-hydrogen) atoms. The van der Waals surface area contributed by atoms with Crippen LogP contribution in [0.15, 0.2) is 18.2 Å². The lowest BCUT2D eigenvalue weighted by Crippen LogP contribution is -1.84. The summed E-state index contributed by atoms with van der Waals surface area (Å²) in [6.07, 6.45) is 0.779. The van der Waals surface area contributed by atoms with Crippen LogP contribution in [0.3, 0.4) is 0 Å². The molecule has 0 spiro atoms. The van der Waals surface area contributed by atoms with Gasteiger partial charge < -0.3 is 10.8 Å². The molecule has 2 rings (SSSR count). The third-order valence-corrected chi connectivity index (χ3v) is 2.95. The van der Waals surface area contributed by atoms with E-state index in [2.05, 4.69) is 0 Å². The molecule has 0 saturated carbocycles. The van der Waals surface area contributed by atoms with Crippen LogP contribution in [0.5, 0.6) is 5.75 Å². The fraction of sp³-hybridized carbons (Fsp3) is 0. The molecule has 0 aliphatic carbocycles. The molecule has 0 radical (unpaired) electrons. The molecule has 0 aliphatic rings. The van der Waals surface area contributed by atoms with Gasteiger partial charge in [-0.15, -0.1) is 11.3 Å². The van der Waals surface area contributed by atoms with Gasteiger partial charge in [0.2, 0.25) is 0 Å². The highest BCUT2D eigenvalue weighted by atomic mass is 32.1. The minimum absolute atomic E-state index is 0.0619. The Balaban J connectivity index is 2.83. The number of fused-ring (bicyclic) bond motifs is 1. The number of hydrogen-bond donors (Lipinski definition) is 2. The molecule has 1 heterocycles. The zero-order valence-corrected chi connectivity index (χ0v) is 7.47. The first-order chi connectivity index (χ1) is 6.22. The lowest BCUT2D eigenvalue weighted by atomic mass is 10.2. The van der Waals surface area contributed by atoms with Crippen molar-refractivity contribution in [1.29, 1.82) is 0 Å². The van der Waals surface area contributed by atoms with Crippen LogP contribution in [0.4, 0.5) is 5.69 Å². The van der Waals surface area contributed by atoms with Crippen LogP contribution in [0, 0.1) is 0 Å². The average Bonchev–Trinajstić information content (AvgIpc) is 2.55. The number of rotatable bonds is 1. The van der Waals surface area contributed by atoms with Gasteiger partial charge >= 0.3 is 0 Å². The van der Waals surface area contributed by atoms with Crippen LogP contribution in [-0.2, 0) is 0 Å². The number of nitrogen functional groups attached to an aromatic ring is 1. The van der Waals surface area contributed by atoms with Crippen LogP contribution in [0.25, 0.3) is 10.1 Å². The van der Waals surface area contributed by atoms with E-state index in [4.69, 9.17) is 5.73 Å². The van der Waals surface area contributed by atoms with E-state index in [1.807, 2.05) is 0 Å². The van der Waals surface area contributed by atoms with E-state index >= 15 is 0 Å². The molecule has 0 saturated heterocycles. The van der Waals surface area contributed by atoms with Gasteiger partial charge in [0.25, 0.3) is 0 Å². The summed E-state index contributed by atoms with van der Waals surface area (Å²) in [5, 5.41) is 10.2. The van der Waals surface area contributed by atoms with Crippen LogP contribution in [0.1, 0.15) is 9.67 Å². The SMILES string of the molecule is Nc1c(O)ccc2cc(C=O)sc12. The number of phenols is 1. The normalized spacial score (nSPS) is 10.5. The second-order valence-electron chi connectivity index (χ2n) is 2.68. The van der Waals surface area contributed by atoms with Gasteiger partial charge in [0.15, 0.2) is 6.29 Å². The molecule has 1 aromatic heterocycles. The number of aromatic hydroxyl groups is 1. The van der Waals surface area contributed by atoms with Gasteiger partial charge in [-0.2, -0.15) is 0 Å². The van der Waals surface area contributed by atoms with Gasteiger partial charge in [-0.05, 0) is 23.6 Å². The lowest BCUT2D eigenvalue weighted by Gasteiger charge is -1.97. The van der Waals surface area contributed by atoms with E-state index in [1.165, 1.54) is 17.4 Å². The number of hydrogen-bond acceptors (Lipinski definition) is 4. The Morgan fingerprint density at radius 2 is 2.23 bits per heavy atom. The summed E-state index contributed by atoms with van der Waals surface area (Å²) in [6, 6.07) is 5.02. The first kappa shape index (κ1) is 8.07. The minimum atomic E-state index is 0.0619.